The van der Waals surface area contributed by atoms with E-state index in [9.17, 15) is 35.5 Å². The Bertz CT molecular complexity index is 1540. The number of hydrogen-bond acceptors (Lipinski definition) is 7. The van der Waals surface area contributed by atoms with E-state index in [4.69, 9.17) is 9.47 Å². The molecule has 47 heavy (non-hydrogen) atoms. The monoisotopic (exact) mass is 685 g/mol. The van der Waals surface area contributed by atoms with Crippen molar-refractivity contribution in [1.82, 2.24) is 9.80 Å². The second-order valence-corrected chi connectivity index (χ2v) is 12.5. The van der Waals surface area contributed by atoms with E-state index in [-0.39, 0.29) is 13.2 Å². The van der Waals surface area contributed by atoms with Crippen LogP contribution in [0.4, 0.5) is 42.1 Å². The minimum absolute atomic E-state index is 0.118. The molecule has 14 heteroatoms. The Labute approximate surface area is 272 Å². The molecule has 5 rings (SSSR count). The smallest absolute Gasteiger partial charge is 0.419 e. The summed E-state index contributed by atoms with van der Waals surface area (Å²) in [6.45, 7) is 6.14. The third-order valence-corrected chi connectivity index (χ3v) is 9.22. The van der Waals surface area contributed by atoms with Gasteiger partial charge < -0.3 is 19.3 Å². The molecule has 1 atom stereocenters. The van der Waals surface area contributed by atoms with Crippen LogP contribution in [0.3, 0.4) is 0 Å². The van der Waals surface area contributed by atoms with Crippen LogP contribution in [0.25, 0.3) is 0 Å². The number of carbonyl (C=O) groups excluding carboxylic acids is 1. The van der Waals surface area contributed by atoms with Gasteiger partial charge >= 0.3 is 18.3 Å². The molecule has 0 aliphatic carbocycles. The molecule has 2 heterocycles. The largest absolute Gasteiger partial charge is 0.490 e. The predicted molar refractivity (Wildman–Crippen MR) is 164 cm³/mol. The summed E-state index contributed by atoms with van der Waals surface area (Å²) in [7, 11) is 0. The number of anilines is 2. The molecule has 3 aromatic rings. The van der Waals surface area contributed by atoms with Gasteiger partial charge in [-0.3, -0.25) is 9.69 Å². The first-order chi connectivity index (χ1) is 22.3. The molecule has 0 amide bonds. The maximum absolute atomic E-state index is 14.2. The number of ether oxygens (including phenoxy) is 2. The van der Waals surface area contributed by atoms with Gasteiger partial charge in [0, 0.05) is 49.1 Å². The lowest BCUT2D eigenvalue weighted by molar-refractivity contribution is -0.149. The highest BCUT2D eigenvalue weighted by molar-refractivity contribution is 7.99. The van der Waals surface area contributed by atoms with Gasteiger partial charge in [0.15, 0.2) is 11.6 Å². The summed E-state index contributed by atoms with van der Waals surface area (Å²) in [5.74, 6) is -3.53. The maximum Gasteiger partial charge on any atom is 0.419 e. The zero-order valence-corrected chi connectivity index (χ0v) is 26.4. The molecular weight excluding hydrogens is 651 g/mol. The van der Waals surface area contributed by atoms with Crippen LogP contribution >= 0.6 is 11.8 Å². The van der Waals surface area contributed by atoms with Gasteiger partial charge in [-0.25, -0.2) is 4.39 Å². The fourth-order valence-electron chi connectivity index (χ4n) is 5.48. The molecule has 0 saturated carbocycles. The second kappa shape index (κ2) is 14.7. The molecule has 0 radical (unpaired) electrons. The summed E-state index contributed by atoms with van der Waals surface area (Å²) >= 11 is 1.47. The number of nitrogens with zero attached hydrogens (tertiary/aromatic N) is 3. The van der Waals surface area contributed by atoms with Crippen LogP contribution in [0.15, 0.2) is 70.5 Å². The van der Waals surface area contributed by atoms with Crippen molar-refractivity contribution in [3.8, 4) is 5.75 Å². The summed E-state index contributed by atoms with van der Waals surface area (Å²) in [5.41, 5.74) is -0.652. The average Bonchev–Trinajstić information content (AvgIpc) is 3.03. The van der Waals surface area contributed by atoms with Gasteiger partial charge in [-0.15, -0.1) is 0 Å². The van der Waals surface area contributed by atoms with Crippen molar-refractivity contribution >= 4 is 29.1 Å². The van der Waals surface area contributed by atoms with E-state index >= 15 is 0 Å². The van der Waals surface area contributed by atoms with Crippen LogP contribution in [0, 0.1) is 11.7 Å². The van der Waals surface area contributed by atoms with Crippen LogP contribution in [0.5, 0.6) is 5.75 Å². The maximum atomic E-state index is 14.2. The van der Waals surface area contributed by atoms with Crippen molar-refractivity contribution in [2.75, 3.05) is 63.9 Å². The number of carbonyl (C=O) groups is 1. The van der Waals surface area contributed by atoms with E-state index in [1.54, 1.807) is 6.07 Å². The first-order valence-electron chi connectivity index (χ1n) is 15.2. The molecule has 3 aromatic carbocycles. The number of rotatable bonds is 11. The minimum atomic E-state index is -4.86. The van der Waals surface area contributed by atoms with E-state index in [0.29, 0.717) is 24.8 Å². The Kier molecular flexibility index (Phi) is 10.9. The molecule has 1 fully saturated rings. The molecule has 0 N–H and O–H groups in total. The Morgan fingerprint density at radius 1 is 0.830 bits per heavy atom. The number of benzene rings is 3. The molecule has 2 aliphatic heterocycles. The van der Waals surface area contributed by atoms with Crippen molar-refractivity contribution in [1.29, 1.82) is 0 Å². The molecule has 0 bridgehead atoms. The van der Waals surface area contributed by atoms with Crippen LogP contribution < -0.4 is 9.64 Å². The number of esters is 1. The van der Waals surface area contributed by atoms with Crippen molar-refractivity contribution < 1.29 is 45.0 Å². The summed E-state index contributed by atoms with van der Waals surface area (Å²) in [6.07, 6.45) is -8.54. The normalized spacial score (nSPS) is 16.4. The van der Waals surface area contributed by atoms with Crippen LogP contribution in [-0.4, -0.2) is 74.8 Å². The summed E-state index contributed by atoms with van der Waals surface area (Å²) in [6, 6.07) is 14.3. The Balaban J connectivity index is 1.04. The van der Waals surface area contributed by atoms with Gasteiger partial charge in [0.05, 0.1) is 28.4 Å². The molecule has 1 unspecified atom stereocenters. The zero-order chi connectivity index (χ0) is 33.8. The first-order valence-corrected chi connectivity index (χ1v) is 16.0. The fraction of sp³-hybridized carbons (Fsp3) is 0.424. The lowest BCUT2D eigenvalue weighted by Crippen LogP contribution is -2.47. The highest BCUT2D eigenvalue weighted by Crippen LogP contribution is 2.49. The predicted octanol–water partition coefficient (Wildman–Crippen LogP) is 7.73. The van der Waals surface area contributed by atoms with E-state index in [1.165, 1.54) is 24.8 Å². The molecular formula is C33H34F7N3O3S. The topological polar surface area (TPSA) is 45.3 Å². The number of fused-ring (bicyclic) bond motifs is 2. The molecule has 6 nitrogen and oxygen atoms in total. The Hall–Kier alpha value is -3.49. The Morgan fingerprint density at radius 2 is 1.51 bits per heavy atom. The highest BCUT2D eigenvalue weighted by atomic mass is 32.2. The molecule has 1 saturated heterocycles. The summed E-state index contributed by atoms with van der Waals surface area (Å²) in [5, 5.41) is 0. The standard InChI is InChI=1S/C33H34F7N3O3S/c1-22(21-46-27-8-4-6-24(30(27)34)33(38,39)40)31(44)45-19-18-42-16-14-41(15-17-42)12-5-13-43-25-7-2-3-9-28(25)47-29-11-10-23(20-26(29)43)32(35,36)37/h2-4,6-11,20,22H,5,12-19,21H2,1H3. The molecule has 2 aliphatic rings. The van der Waals surface area contributed by atoms with Crippen LogP contribution in [0.2, 0.25) is 0 Å². The van der Waals surface area contributed by atoms with Crippen molar-refractivity contribution in [3.63, 3.8) is 0 Å². The molecule has 0 spiro atoms. The van der Waals surface area contributed by atoms with E-state index in [0.717, 1.165) is 72.8 Å². The fourth-order valence-corrected chi connectivity index (χ4v) is 6.55. The van der Waals surface area contributed by atoms with Gasteiger partial charge in [0.25, 0.3) is 0 Å². The molecule has 254 valence electrons. The van der Waals surface area contributed by atoms with Crippen LogP contribution in [0.1, 0.15) is 24.5 Å². The average molecular weight is 686 g/mol. The third kappa shape index (κ3) is 8.71. The second-order valence-electron chi connectivity index (χ2n) is 11.4. The number of hydrogen-bond donors (Lipinski definition) is 0. The third-order valence-electron chi connectivity index (χ3n) is 8.09. The van der Waals surface area contributed by atoms with Gasteiger partial charge in [0.1, 0.15) is 13.2 Å². The van der Waals surface area contributed by atoms with Gasteiger partial charge in [-0.2, -0.15) is 26.3 Å². The van der Waals surface area contributed by atoms with Crippen molar-refractivity contribution in [2.24, 2.45) is 5.92 Å². The summed E-state index contributed by atoms with van der Waals surface area (Å²) in [4.78, 5) is 20.6. The van der Waals surface area contributed by atoms with E-state index < -0.39 is 46.9 Å². The van der Waals surface area contributed by atoms with Crippen molar-refractivity contribution in [3.05, 3.63) is 77.6 Å². The quantitative estimate of drug-likeness (QED) is 0.151. The van der Waals surface area contributed by atoms with E-state index in [1.807, 2.05) is 29.2 Å². The summed E-state index contributed by atoms with van der Waals surface area (Å²) < 4.78 is 104. The SMILES string of the molecule is CC(COc1cccc(C(F)(F)F)c1F)C(=O)OCCN1CCN(CCCN2c3ccccc3Sc3ccc(C(F)(F)F)cc32)CC1. The van der Waals surface area contributed by atoms with Gasteiger partial charge in [-0.05, 0) is 62.4 Å². The van der Waals surface area contributed by atoms with Crippen molar-refractivity contribution in [2.45, 2.75) is 35.5 Å². The van der Waals surface area contributed by atoms with Gasteiger partial charge in [0.2, 0.25) is 0 Å². The number of para-hydroxylation sites is 1. The lowest BCUT2D eigenvalue weighted by Gasteiger charge is -2.36. The van der Waals surface area contributed by atoms with Crippen LogP contribution in [-0.2, 0) is 21.9 Å². The minimum Gasteiger partial charge on any atom is -0.490 e. The number of piperazine rings is 1. The zero-order valence-electron chi connectivity index (χ0n) is 25.5. The highest BCUT2D eigenvalue weighted by Gasteiger charge is 2.36. The van der Waals surface area contributed by atoms with E-state index in [2.05, 4.69) is 9.80 Å². The molecule has 0 aromatic heterocycles. The number of alkyl halides is 6. The first kappa shape index (κ1) is 34.8. The lowest BCUT2D eigenvalue weighted by atomic mass is 10.1. The Morgan fingerprint density at radius 3 is 2.21 bits per heavy atom. The van der Waals surface area contributed by atoms with Gasteiger partial charge in [-0.1, -0.05) is 30.0 Å². The number of halogens is 7.